The van der Waals surface area contributed by atoms with Gasteiger partial charge in [0.1, 0.15) is 0 Å². The molecule has 0 bridgehead atoms. The molecule has 0 aliphatic carbocycles. The van der Waals surface area contributed by atoms with E-state index in [1.54, 1.807) is 7.05 Å². The van der Waals surface area contributed by atoms with Crippen molar-refractivity contribution in [1.29, 1.82) is 0 Å². The lowest BCUT2D eigenvalue weighted by atomic mass is 10.3. The van der Waals surface area contributed by atoms with Crippen LogP contribution in [-0.2, 0) is 11.8 Å². The van der Waals surface area contributed by atoms with Crippen LogP contribution in [0.5, 0.6) is 0 Å². The molecule has 3 heterocycles. The Morgan fingerprint density at radius 3 is 3.10 bits per heavy atom. The molecular formula is C10H9N7O2S2. The Morgan fingerprint density at radius 1 is 1.48 bits per heavy atom. The minimum atomic E-state index is -0.275. The van der Waals surface area contributed by atoms with Gasteiger partial charge < -0.3 is 4.42 Å². The Labute approximate surface area is 126 Å². The Balaban J connectivity index is 1.57. The zero-order valence-corrected chi connectivity index (χ0v) is 12.4. The molecule has 21 heavy (non-hydrogen) atoms. The molecule has 0 fully saturated rings. The summed E-state index contributed by atoms with van der Waals surface area (Å²) in [5.41, 5.74) is 0.826. The van der Waals surface area contributed by atoms with E-state index in [0.717, 1.165) is 5.56 Å². The third kappa shape index (κ3) is 3.25. The van der Waals surface area contributed by atoms with Crippen molar-refractivity contribution in [3.63, 3.8) is 0 Å². The minimum absolute atomic E-state index is 0.0675. The van der Waals surface area contributed by atoms with Crippen LogP contribution in [-0.4, -0.2) is 42.1 Å². The molecule has 1 N–H and O–H groups in total. The number of carbonyl (C=O) groups excluding carboxylic acids is 1. The summed E-state index contributed by atoms with van der Waals surface area (Å²) < 4.78 is 6.84. The number of thioether (sulfide) groups is 1. The van der Waals surface area contributed by atoms with Gasteiger partial charge in [0.25, 0.3) is 5.89 Å². The van der Waals surface area contributed by atoms with Gasteiger partial charge in [-0.05, 0) is 21.9 Å². The molecule has 0 spiro atoms. The minimum Gasteiger partial charge on any atom is -0.403 e. The van der Waals surface area contributed by atoms with Gasteiger partial charge in [0.2, 0.25) is 11.1 Å². The van der Waals surface area contributed by atoms with Gasteiger partial charge >= 0.3 is 6.01 Å². The maximum atomic E-state index is 11.8. The van der Waals surface area contributed by atoms with Crippen LogP contribution in [0.2, 0.25) is 0 Å². The lowest BCUT2D eigenvalue weighted by molar-refractivity contribution is -0.113. The lowest BCUT2D eigenvalue weighted by Gasteiger charge is -1.99. The van der Waals surface area contributed by atoms with Gasteiger partial charge in [-0.15, -0.1) is 10.2 Å². The Hall–Kier alpha value is -2.27. The molecule has 3 aromatic rings. The molecule has 9 nitrogen and oxygen atoms in total. The van der Waals surface area contributed by atoms with Gasteiger partial charge in [-0.3, -0.25) is 10.1 Å². The third-order valence-electron chi connectivity index (χ3n) is 2.35. The number of rotatable bonds is 5. The van der Waals surface area contributed by atoms with Gasteiger partial charge in [0, 0.05) is 18.0 Å². The van der Waals surface area contributed by atoms with E-state index in [2.05, 4.69) is 31.0 Å². The van der Waals surface area contributed by atoms with Crippen LogP contribution in [0.15, 0.2) is 26.4 Å². The number of nitrogens with one attached hydrogen (secondary N) is 1. The van der Waals surface area contributed by atoms with Gasteiger partial charge in [0.15, 0.2) is 0 Å². The number of anilines is 1. The molecule has 0 aromatic carbocycles. The van der Waals surface area contributed by atoms with Crippen molar-refractivity contribution in [2.24, 2.45) is 7.05 Å². The second-order valence-electron chi connectivity index (χ2n) is 3.85. The monoisotopic (exact) mass is 323 g/mol. The normalized spacial score (nSPS) is 10.7. The van der Waals surface area contributed by atoms with E-state index in [1.165, 1.54) is 27.8 Å². The molecule has 0 saturated carbocycles. The number of amides is 1. The first-order valence-electron chi connectivity index (χ1n) is 5.73. The fourth-order valence-corrected chi connectivity index (χ4v) is 2.69. The van der Waals surface area contributed by atoms with Crippen LogP contribution in [0.1, 0.15) is 0 Å². The quantitative estimate of drug-likeness (QED) is 0.693. The first kappa shape index (κ1) is 13.7. The predicted octanol–water partition coefficient (Wildman–Crippen LogP) is 1.05. The molecule has 108 valence electrons. The van der Waals surface area contributed by atoms with Crippen LogP contribution < -0.4 is 5.32 Å². The summed E-state index contributed by atoms with van der Waals surface area (Å²) in [6, 6.07) is 1.93. The summed E-state index contributed by atoms with van der Waals surface area (Å²) >= 11 is 2.74. The Kier molecular flexibility index (Phi) is 3.92. The largest absolute Gasteiger partial charge is 0.403 e. The number of aromatic nitrogens is 6. The highest BCUT2D eigenvalue weighted by Gasteiger charge is 2.13. The molecule has 3 aromatic heterocycles. The number of thiophene rings is 1. The van der Waals surface area contributed by atoms with E-state index < -0.39 is 0 Å². The first-order chi connectivity index (χ1) is 10.2. The average Bonchev–Trinajstić information content (AvgIpc) is 3.17. The average molecular weight is 323 g/mol. The summed E-state index contributed by atoms with van der Waals surface area (Å²) in [5, 5.41) is 25.4. The molecule has 0 aliphatic rings. The fourth-order valence-electron chi connectivity index (χ4n) is 1.41. The predicted molar refractivity (Wildman–Crippen MR) is 75.8 cm³/mol. The molecule has 0 aliphatic heterocycles. The van der Waals surface area contributed by atoms with Crippen molar-refractivity contribution < 1.29 is 9.21 Å². The van der Waals surface area contributed by atoms with E-state index in [4.69, 9.17) is 4.42 Å². The van der Waals surface area contributed by atoms with E-state index >= 15 is 0 Å². The molecule has 0 radical (unpaired) electrons. The molecule has 0 atom stereocenters. The zero-order chi connectivity index (χ0) is 14.7. The van der Waals surface area contributed by atoms with E-state index in [-0.39, 0.29) is 17.7 Å². The summed E-state index contributed by atoms with van der Waals surface area (Å²) in [5.74, 6) is 0.241. The van der Waals surface area contributed by atoms with Crippen molar-refractivity contribution in [3.8, 4) is 11.5 Å². The van der Waals surface area contributed by atoms with Gasteiger partial charge in [0.05, 0.1) is 5.75 Å². The lowest BCUT2D eigenvalue weighted by Crippen LogP contribution is -2.14. The standard InChI is InChI=1S/C10H9N7O2S2/c1-17-10(14-15-16-17)21-5-7(18)11-9-13-12-8(19-9)6-2-3-20-4-6/h2-4H,5H2,1H3,(H,11,13,18). The Morgan fingerprint density at radius 2 is 2.38 bits per heavy atom. The highest BCUT2D eigenvalue weighted by Crippen LogP contribution is 2.22. The molecular weight excluding hydrogens is 314 g/mol. The Bertz CT molecular complexity index is 736. The first-order valence-corrected chi connectivity index (χ1v) is 7.66. The summed E-state index contributed by atoms with van der Waals surface area (Å²) in [4.78, 5) is 11.8. The highest BCUT2D eigenvalue weighted by atomic mass is 32.2. The molecule has 0 saturated heterocycles. The molecule has 11 heteroatoms. The summed E-state index contributed by atoms with van der Waals surface area (Å²) in [7, 11) is 1.70. The van der Waals surface area contributed by atoms with Crippen molar-refractivity contribution in [2.75, 3.05) is 11.1 Å². The third-order valence-corrected chi connectivity index (χ3v) is 4.05. The van der Waals surface area contributed by atoms with Crippen LogP contribution in [0, 0.1) is 0 Å². The summed E-state index contributed by atoms with van der Waals surface area (Å²) in [6.45, 7) is 0. The second-order valence-corrected chi connectivity index (χ2v) is 5.57. The number of nitrogens with zero attached hydrogens (tertiary/aromatic N) is 6. The van der Waals surface area contributed by atoms with Crippen LogP contribution in [0.3, 0.4) is 0 Å². The van der Waals surface area contributed by atoms with Crippen molar-refractivity contribution >= 4 is 35.0 Å². The molecule has 3 rings (SSSR count). The second kappa shape index (κ2) is 6.01. The van der Waals surface area contributed by atoms with Crippen molar-refractivity contribution in [3.05, 3.63) is 16.8 Å². The van der Waals surface area contributed by atoms with Gasteiger partial charge in [-0.1, -0.05) is 16.9 Å². The van der Waals surface area contributed by atoms with Crippen LogP contribution >= 0.6 is 23.1 Å². The number of tetrazole rings is 1. The van der Waals surface area contributed by atoms with Gasteiger partial charge in [-0.2, -0.15) is 11.3 Å². The van der Waals surface area contributed by atoms with E-state index in [1.807, 2.05) is 16.8 Å². The summed E-state index contributed by atoms with van der Waals surface area (Å²) in [6.07, 6.45) is 0. The number of carbonyl (C=O) groups is 1. The molecule has 0 unspecified atom stereocenters. The SMILES string of the molecule is Cn1nnnc1SCC(=O)Nc1nnc(-c2ccsc2)o1. The van der Waals surface area contributed by atoms with Crippen molar-refractivity contribution in [1.82, 2.24) is 30.4 Å². The van der Waals surface area contributed by atoms with E-state index in [0.29, 0.717) is 11.0 Å². The topological polar surface area (TPSA) is 112 Å². The maximum absolute atomic E-state index is 11.8. The fraction of sp³-hybridized carbons (Fsp3) is 0.200. The number of hydrogen-bond donors (Lipinski definition) is 1. The number of hydrogen-bond acceptors (Lipinski definition) is 9. The van der Waals surface area contributed by atoms with Crippen LogP contribution in [0.25, 0.3) is 11.5 Å². The number of aryl methyl sites for hydroxylation is 1. The zero-order valence-electron chi connectivity index (χ0n) is 10.8. The van der Waals surface area contributed by atoms with Crippen molar-refractivity contribution in [2.45, 2.75) is 5.16 Å². The van der Waals surface area contributed by atoms with Gasteiger partial charge in [-0.25, -0.2) is 4.68 Å². The van der Waals surface area contributed by atoms with Crippen LogP contribution in [0.4, 0.5) is 6.01 Å². The molecule has 1 amide bonds. The smallest absolute Gasteiger partial charge is 0.322 e. The van der Waals surface area contributed by atoms with E-state index in [9.17, 15) is 4.79 Å². The highest BCUT2D eigenvalue weighted by molar-refractivity contribution is 7.99. The maximum Gasteiger partial charge on any atom is 0.322 e.